The average Bonchev–Trinajstić information content (AvgIpc) is 3.24. The Morgan fingerprint density at radius 2 is 1.23 bits per heavy atom. The molecule has 214 valence electrons. The molecule has 39 heavy (non-hydrogen) atoms. The summed E-state index contributed by atoms with van der Waals surface area (Å²) in [6.45, 7) is 22.8. The van der Waals surface area contributed by atoms with Crippen LogP contribution in [0.25, 0.3) is 0 Å². The molecule has 11 heteroatoms. The van der Waals surface area contributed by atoms with Crippen LogP contribution in [0, 0.1) is 5.82 Å². The minimum Gasteiger partial charge on any atom is -0.405 e. The van der Waals surface area contributed by atoms with Gasteiger partial charge in [-0.15, -0.1) is 0 Å². The maximum atomic E-state index is 15.4. The van der Waals surface area contributed by atoms with E-state index in [1.165, 1.54) is 0 Å². The molecule has 1 N–H and O–H groups in total. The van der Waals surface area contributed by atoms with Gasteiger partial charge in [0.1, 0.15) is 5.82 Å². The van der Waals surface area contributed by atoms with Gasteiger partial charge < -0.3 is 33.2 Å². The third kappa shape index (κ3) is 4.94. The summed E-state index contributed by atoms with van der Waals surface area (Å²) in [4.78, 5) is 0. The second-order valence-electron chi connectivity index (χ2n) is 14.5. The number of hydrogen-bond donors (Lipinski definition) is 1. The molecule has 1 aromatic carbocycles. The predicted molar refractivity (Wildman–Crippen MR) is 152 cm³/mol. The molecule has 3 unspecified atom stereocenters. The predicted octanol–water partition coefficient (Wildman–Crippen LogP) is 4.20. The quantitative estimate of drug-likeness (QED) is 0.540. The van der Waals surface area contributed by atoms with Crippen LogP contribution in [0.15, 0.2) is 18.2 Å². The number of nitrogens with one attached hydrogen (secondary N) is 1. The largest absolute Gasteiger partial charge is 0.494 e. The van der Waals surface area contributed by atoms with E-state index in [1.54, 1.807) is 6.07 Å². The zero-order chi connectivity index (χ0) is 28.8. The van der Waals surface area contributed by atoms with E-state index in [9.17, 15) is 0 Å². The molecule has 7 nitrogen and oxygen atoms in total. The maximum absolute atomic E-state index is 15.4. The molecular formula is C28H45B3FNO6. The summed E-state index contributed by atoms with van der Waals surface area (Å²) in [5, 5.41) is 3.67. The van der Waals surface area contributed by atoms with Gasteiger partial charge in [-0.2, -0.15) is 0 Å². The van der Waals surface area contributed by atoms with Crippen molar-refractivity contribution in [3.05, 3.63) is 29.6 Å². The van der Waals surface area contributed by atoms with E-state index in [4.69, 9.17) is 27.9 Å². The molecule has 0 bridgehead atoms. The summed E-state index contributed by atoms with van der Waals surface area (Å²) in [6, 6.07) is 5.54. The fourth-order valence-corrected chi connectivity index (χ4v) is 5.62. The smallest absolute Gasteiger partial charge is 0.405 e. The molecule has 4 fully saturated rings. The van der Waals surface area contributed by atoms with E-state index in [-0.39, 0.29) is 17.8 Å². The molecule has 3 heterocycles. The first-order chi connectivity index (χ1) is 17.8. The van der Waals surface area contributed by atoms with E-state index in [0.29, 0.717) is 12.0 Å². The Labute approximate surface area is 234 Å². The lowest BCUT2D eigenvalue weighted by Gasteiger charge is -2.42. The molecule has 0 spiro atoms. The molecule has 3 aliphatic heterocycles. The highest BCUT2D eigenvalue weighted by Gasteiger charge is 2.65. The second-order valence-corrected chi connectivity index (χ2v) is 14.5. The van der Waals surface area contributed by atoms with Crippen molar-refractivity contribution < 1.29 is 32.3 Å². The molecule has 1 aliphatic carbocycles. The van der Waals surface area contributed by atoms with E-state index in [0.717, 1.165) is 18.4 Å². The zero-order valence-electron chi connectivity index (χ0n) is 25.6. The third-order valence-corrected chi connectivity index (χ3v) is 10.5. The molecular weight excluding hydrogens is 498 g/mol. The van der Waals surface area contributed by atoms with Gasteiger partial charge in [0.05, 0.1) is 33.6 Å². The standard InChI is InChI=1S/C28H45B3FNO6/c1-23(2)24(3,4)35-29(34-23)18-12-13-19(21(32)16-18)20-14-15-22(20)33-17-28(11)27(9,10)38-31(39-28)30-36-25(5,6)26(7,8)37-30/h12-13,16,20,22,33H,14-15,17H2,1-11H3. The maximum Gasteiger partial charge on any atom is 0.494 e. The van der Waals surface area contributed by atoms with Crippen LogP contribution in [0.5, 0.6) is 0 Å². The number of halogens is 1. The Morgan fingerprint density at radius 3 is 1.74 bits per heavy atom. The number of hydrogen-bond acceptors (Lipinski definition) is 7. The molecule has 4 aliphatic rings. The van der Waals surface area contributed by atoms with Crippen LogP contribution in [-0.4, -0.2) is 67.3 Å². The molecule has 1 saturated carbocycles. The van der Waals surface area contributed by atoms with Gasteiger partial charge in [0.25, 0.3) is 0 Å². The van der Waals surface area contributed by atoms with Crippen molar-refractivity contribution >= 4 is 26.6 Å². The Balaban J connectivity index is 1.22. The minimum atomic E-state index is -0.634. The zero-order valence-corrected chi connectivity index (χ0v) is 25.6. The highest BCUT2D eigenvalue weighted by molar-refractivity contribution is 7.11. The molecule has 3 saturated heterocycles. The van der Waals surface area contributed by atoms with Gasteiger partial charge in [0.2, 0.25) is 0 Å². The molecule has 5 rings (SSSR count). The third-order valence-electron chi connectivity index (χ3n) is 10.5. The lowest BCUT2D eigenvalue weighted by molar-refractivity contribution is -0.0125. The average molecular weight is 543 g/mol. The second kappa shape index (κ2) is 9.28. The van der Waals surface area contributed by atoms with Crippen LogP contribution in [-0.2, 0) is 27.9 Å². The minimum absolute atomic E-state index is 0.0882. The van der Waals surface area contributed by atoms with Crippen LogP contribution in [0.2, 0.25) is 0 Å². The Bertz CT molecular complexity index is 1080. The summed E-state index contributed by atoms with van der Waals surface area (Å²) in [5.41, 5.74) is -1.63. The van der Waals surface area contributed by atoms with Crippen molar-refractivity contribution in [3.8, 4) is 0 Å². The molecule has 0 aromatic heterocycles. The summed E-state index contributed by atoms with van der Waals surface area (Å²) in [6.07, 6.45) is 1.90. The molecule has 3 atom stereocenters. The van der Waals surface area contributed by atoms with Crippen molar-refractivity contribution in [2.24, 2.45) is 0 Å². The molecule has 0 radical (unpaired) electrons. The van der Waals surface area contributed by atoms with Gasteiger partial charge in [-0.25, -0.2) is 4.39 Å². The van der Waals surface area contributed by atoms with Gasteiger partial charge >= 0.3 is 21.1 Å². The highest BCUT2D eigenvalue weighted by atomic mass is 19.1. The van der Waals surface area contributed by atoms with Crippen LogP contribution in [0.3, 0.4) is 0 Å². The van der Waals surface area contributed by atoms with E-state index in [1.807, 2.05) is 81.4 Å². The fourth-order valence-electron chi connectivity index (χ4n) is 5.62. The monoisotopic (exact) mass is 543 g/mol. The van der Waals surface area contributed by atoms with E-state index >= 15 is 4.39 Å². The van der Waals surface area contributed by atoms with Gasteiger partial charge in [-0.05, 0) is 106 Å². The molecule has 1 aromatic rings. The number of rotatable bonds is 6. The Hall–Kier alpha value is -0.935. The topological polar surface area (TPSA) is 67.4 Å². The highest BCUT2D eigenvalue weighted by Crippen LogP contribution is 2.44. The Morgan fingerprint density at radius 1 is 0.718 bits per heavy atom. The van der Waals surface area contributed by atoms with Crippen LogP contribution in [0.1, 0.15) is 100 Å². The fraction of sp³-hybridized carbons (Fsp3) is 0.786. The Kier molecular flexibility index (Phi) is 7.03. The summed E-state index contributed by atoms with van der Waals surface area (Å²) in [7, 11) is -1.82. The van der Waals surface area contributed by atoms with Crippen LogP contribution < -0.4 is 10.8 Å². The summed E-state index contributed by atoms with van der Waals surface area (Å²) < 4.78 is 52.9. The van der Waals surface area contributed by atoms with Crippen molar-refractivity contribution in [1.82, 2.24) is 5.32 Å². The molecule has 0 amide bonds. The van der Waals surface area contributed by atoms with Crippen molar-refractivity contribution in [3.63, 3.8) is 0 Å². The number of benzene rings is 1. The van der Waals surface area contributed by atoms with Crippen molar-refractivity contribution in [1.29, 1.82) is 0 Å². The van der Waals surface area contributed by atoms with Gasteiger partial charge in [-0.3, -0.25) is 0 Å². The SMILES string of the molecule is CC1(C)OB(B2OC(C)(C)C(C)(CNC3CCC3c3ccc(B4OC(C)(C)C(C)(C)O4)cc3F)O2)OC1(C)C. The van der Waals surface area contributed by atoms with E-state index < -0.39 is 54.7 Å². The van der Waals surface area contributed by atoms with Gasteiger partial charge in [0, 0.05) is 18.5 Å². The van der Waals surface area contributed by atoms with E-state index in [2.05, 4.69) is 12.2 Å². The van der Waals surface area contributed by atoms with Gasteiger partial charge in [0.15, 0.2) is 0 Å². The van der Waals surface area contributed by atoms with Gasteiger partial charge in [-0.1, -0.05) is 12.1 Å². The first-order valence-corrected chi connectivity index (χ1v) is 14.4. The first kappa shape index (κ1) is 29.6. The van der Waals surface area contributed by atoms with Crippen LogP contribution >= 0.6 is 0 Å². The first-order valence-electron chi connectivity index (χ1n) is 14.4. The lowest BCUT2D eigenvalue weighted by atomic mass is 9.49. The normalized spacial score (nSPS) is 34.0. The summed E-state index contributed by atoms with van der Waals surface area (Å²) in [5.74, 6) is -0.128. The van der Waals surface area contributed by atoms with Crippen molar-refractivity contribution in [2.45, 2.75) is 135 Å². The lowest BCUT2D eigenvalue weighted by Crippen LogP contribution is -2.56. The van der Waals surface area contributed by atoms with Crippen LogP contribution in [0.4, 0.5) is 4.39 Å². The van der Waals surface area contributed by atoms with Crippen molar-refractivity contribution in [2.75, 3.05) is 6.54 Å². The summed E-state index contributed by atoms with van der Waals surface area (Å²) >= 11 is 0.